The molecule has 9 nitrogen and oxygen atoms in total. The van der Waals surface area contributed by atoms with Gasteiger partial charge in [0.2, 0.25) is 0 Å². The molecular formula is C18H17ClN2O7. The fourth-order valence-corrected chi connectivity index (χ4v) is 2.28. The number of nitrogens with zero attached hydrogens (tertiary/aromatic N) is 1. The second-order valence-corrected chi connectivity index (χ2v) is 5.76. The molecule has 0 radical (unpaired) electrons. The third-order valence-electron chi connectivity index (χ3n) is 3.27. The number of carbonyl (C=O) groups excluding carboxylic acids is 2. The van der Waals surface area contributed by atoms with Crippen LogP contribution in [0.5, 0.6) is 11.5 Å². The molecule has 2 rings (SSSR count). The molecule has 0 bridgehead atoms. The van der Waals surface area contributed by atoms with Gasteiger partial charge in [-0.05, 0) is 37.3 Å². The number of halogens is 1. The third-order valence-corrected chi connectivity index (χ3v) is 3.50. The van der Waals surface area contributed by atoms with E-state index in [1.54, 1.807) is 25.1 Å². The summed E-state index contributed by atoms with van der Waals surface area (Å²) in [6, 6.07) is 10.5. The average Bonchev–Trinajstić information content (AvgIpc) is 2.66. The number of nitro groups is 1. The van der Waals surface area contributed by atoms with Crippen molar-refractivity contribution in [1.29, 1.82) is 0 Å². The van der Waals surface area contributed by atoms with E-state index in [0.717, 1.165) is 0 Å². The van der Waals surface area contributed by atoms with Crippen LogP contribution in [0.3, 0.4) is 0 Å². The number of hydrogen-bond donors (Lipinski definition) is 1. The molecule has 2 aromatic rings. The lowest BCUT2D eigenvalue weighted by molar-refractivity contribution is -0.384. The normalized spacial score (nSPS) is 10.1. The monoisotopic (exact) mass is 408 g/mol. The minimum atomic E-state index is -0.781. The molecule has 1 amide bonds. The Kier molecular flexibility index (Phi) is 7.58. The summed E-state index contributed by atoms with van der Waals surface area (Å²) in [6.07, 6.45) is 0. The molecule has 0 heterocycles. The van der Waals surface area contributed by atoms with Crippen molar-refractivity contribution in [1.82, 2.24) is 0 Å². The van der Waals surface area contributed by atoms with Crippen LogP contribution < -0.4 is 14.8 Å². The maximum absolute atomic E-state index is 11.9. The molecule has 0 saturated heterocycles. The standard InChI is InChI=1S/C18H17ClN2O7/c1-2-26-14-6-7-15(16(9-14)21(24)25)20-17(22)10-28-18(23)11-27-13-5-3-4-12(19)8-13/h3-9H,2,10-11H2,1H3,(H,20,22). The van der Waals surface area contributed by atoms with Gasteiger partial charge in [-0.2, -0.15) is 0 Å². The van der Waals surface area contributed by atoms with E-state index in [1.807, 2.05) is 0 Å². The molecule has 0 fully saturated rings. The van der Waals surface area contributed by atoms with Gasteiger partial charge >= 0.3 is 5.97 Å². The molecule has 0 aliphatic heterocycles. The molecule has 0 spiro atoms. The van der Waals surface area contributed by atoms with Gasteiger partial charge in [0, 0.05) is 5.02 Å². The summed E-state index contributed by atoms with van der Waals surface area (Å²) in [4.78, 5) is 34.1. The number of hydrogen-bond acceptors (Lipinski definition) is 7. The van der Waals surface area contributed by atoms with Crippen LogP contribution in [-0.2, 0) is 14.3 Å². The lowest BCUT2D eigenvalue weighted by atomic mass is 10.2. The van der Waals surface area contributed by atoms with Gasteiger partial charge in [-0.3, -0.25) is 14.9 Å². The Balaban J connectivity index is 1.86. The molecule has 2 aromatic carbocycles. The number of amides is 1. The number of carbonyl (C=O) groups is 2. The molecule has 0 atom stereocenters. The van der Waals surface area contributed by atoms with Gasteiger partial charge in [0.15, 0.2) is 13.2 Å². The van der Waals surface area contributed by atoms with Crippen LogP contribution in [0.25, 0.3) is 0 Å². The SMILES string of the molecule is CCOc1ccc(NC(=O)COC(=O)COc2cccc(Cl)c2)c([N+](=O)[O-])c1. The third kappa shape index (κ3) is 6.44. The lowest BCUT2D eigenvalue weighted by Crippen LogP contribution is -2.24. The van der Waals surface area contributed by atoms with Gasteiger partial charge in [-0.25, -0.2) is 4.79 Å². The first-order valence-electron chi connectivity index (χ1n) is 8.14. The molecule has 1 N–H and O–H groups in total. The Morgan fingerprint density at radius 1 is 1.11 bits per heavy atom. The van der Waals surface area contributed by atoms with Crippen molar-refractivity contribution >= 4 is 34.9 Å². The van der Waals surface area contributed by atoms with Crippen molar-refractivity contribution in [2.75, 3.05) is 25.1 Å². The van der Waals surface area contributed by atoms with Crippen LogP contribution in [0, 0.1) is 10.1 Å². The van der Waals surface area contributed by atoms with E-state index in [1.165, 1.54) is 24.3 Å². The van der Waals surface area contributed by atoms with Crippen LogP contribution in [0.2, 0.25) is 5.02 Å². The first-order valence-corrected chi connectivity index (χ1v) is 8.52. The Bertz CT molecular complexity index is 873. The summed E-state index contributed by atoms with van der Waals surface area (Å²) in [7, 11) is 0. The molecule has 28 heavy (non-hydrogen) atoms. The van der Waals surface area contributed by atoms with Crippen LogP contribution >= 0.6 is 11.6 Å². The maximum Gasteiger partial charge on any atom is 0.344 e. The van der Waals surface area contributed by atoms with E-state index in [4.69, 9.17) is 25.8 Å². The van der Waals surface area contributed by atoms with Gasteiger partial charge in [0.1, 0.15) is 17.2 Å². The van der Waals surface area contributed by atoms with Crippen LogP contribution in [0.15, 0.2) is 42.5 Å². The highest BCUT2D eigenvalue weighted by Crippen LogP contribution is 2.29. The van der Waals surface area contributed by atoms with Gasteiger partial charge in [0.25, 0.3) is 11.6 Å². The summed E-state index contributed by atoms with van der Waals surface area (Å²) in [5.41, 5.74) is -0.375. The molecule has 148 valence electrons. The number of ether oxygens (including phenoxy) is 3. The fraction of sp³-hybridized carbons (Fsp3) is 0.222. The number of anilines is 1. The minimum absolute atomic E-state index is 0.0373. The highest BCUT2D eigenvalue weighted by molar-refractivity contribution is 6.30. The summed E-state index contributed by atoms with van der Waals surface area (Å²) >= 11 is 5.80. The van der Waals surface area contributed by atoms with Crippen LogP contribution in [0.1, 0.15) is 6.92 Å². The zero-order chi connectivity index (χ0) is 20.5. The summed E-state index contributed by atoms with van der Waals surface area (Å²) in [5, 5.41) is 13.9. The summed E-state index contributed by atoms with van der Waals surface area (Å²) in [5.74, 6) is -0.838. The average molecular weight is 409 g/mol. The first kappa shape index (κ1) is 21.0. The van der Waals surface area contributed by atoms with Crippen molar-refractivity contribution in [2.45, 2.75) is 6.92 Å². The Morgan fingerprint density at radius 2 is 1.86 bits per heavy atom. The molecular weight excluding hydrogens is 392 g/mol. The molecule has 0 aromatic heterocycles. The van der Waals surface area contributed by atoms with E-state index in [9.17, 15) is 19.7 Å². The number of benzene rings is 2. The van der Waals surface area contributed by atoms with E-state index in [0.29, 0.717) is 23.1 Å². The van der Waals surface area contributed by atoms with E-state index < -0.39 is 30.0 Å². The molecule has 0 saturated carbocycles. The van der Waals surface area contributed by atoms with Crippen LogP contribution in [0.4, 0.5) is 11.4 Å². The van der Waals surface area contributed by atoms with Crippen molar-refractivity contribution in [3.05, 3.63) is 57.6 Å². The molecule has 0 unspecified atom stereocenters. The number of rotatable bonds is 9. The zero-order valence-electron chi connectivity index (χ0n) is 14.8. The second-order valence-electron chi connectivity index (χ2n) is 5.32. The predicted molar refractivity (Wildman–Crippen MR) is 101 cm³/mol. The van der Waals surface area contributed by atoms with E-state index >= 15 is 0 Å². The fourth-order valence-electron chi connectivity index (χ4n) is 2.10. The van der Waals surface area contributed by atoms with E-state index in [2.05, 4.69) is 5.32 Å². The summed E-state index contributed by atoms with van der Waals surface area (Å²) < 4.78 is 15.2. The van der Waals surface area contributed by atoms with Crippen molar-refractivity contribution < 1.29 is 28.7 Å². The minimum Gasteiger partial charge on any atom is -0.494 e. The Hall–Kier alpha value is -3.33. The number of esters is 1. The quantitative estimate of drug-likeness (QED) is 0.384. The first-order chi connectivity index (χ1) is 13.4. The van der Waals surface area contributed by atoms with Crippen molar-refractivity contribution in [2.24, 2.45) is 0 Å². The molecule has 0 aliphatic carbocycles. The van der Waals surface area contributed by atoms with E-state index in [-0.39, 0.29) is 11.4 Å². The van der Waals surface area contributed by atoms with Crippen molar-refractivity contribution in [3.8, 4) is 11.5 Å². The smallest absolute Gasteiger partial charge is 0.344 e. The summed E-state index contributed by atoms with van der Waals surface area (Å²) in [6.45, 7) is 1.04. The topological polar surface area (TPSA) is 117 Å². The largest absolute Gasteiger partial charge is 0.494 e. The molecule has 10 heteroatoms. The maximum atomic E-state index is 11.9. The second kappa shape index (κ2) is 10.1. The number of nitrogens with one attached hydrogen (secondary N) is 1. The van der Waals surface area contributed by atoms with Gasteiger partial charge in [-0.1, -0.05) is 17.7 Å². The zero-order valence-corrected chi connectivity index (χ0v) is 15.6. The lowest BCUT2D eigenvalue weighted by Gasteiger charge is -2.09. The van der Waals surface area contributed by atoms with Crippen LogP contribution in [-0.4, -0.2) is 36.6 Å². The Labute approximate surface area is 165 Å². The molecule has 0 aliphatic rings. The highest BCUT2D eigenvalue weighted by Gasteiger charge is 2.18. The number of nitro benzene ring substituents is 1. The van der Waals surface area contributed by atoms with Crippen molar-refractivity contribution in [3.63, 3.8) is 0 Å². The highest BCUT2D eigenvalue weighted by atomic mass is 35.5. The predicted octanol–water partition coefficient (Wildman–Crippen LogP) is 3.21. The van der Waals surface area contributed by atoms with Gasteiger partial charge in [-0.15, -0.1) is 0 Å². The van der Waals surface area contributed by atoms with Gasteiger partial charge < -0.3 is 19.5 Å². The van der Waals surface area contributed by atoms with Gasteiger partial charge in [0.05, 0.1) is 17.6 Å². The Morgan fingerprint density at radius 3 is 2.54 bits per heavy atom.